The molecule has 3 nitrogen and oxygen atoms in total. The van der Waals surface area contributed by atoms with Gasteiger partial charge in [-0.3, -0.25) is 4.68 Å². The Labute approximate surface area is 107 Å². The Morgan fingerprint density at radius 2 is 2.00 bits per heavy atom. The number of benzene rings is 1. The minimum atomic E-state index is -0.183. The first kappa shape index (κ1) is 12.8. The fraction of sp³-hybridized carbons (Fsp3) is 0.357. The van der Waals surface area contributed by atoms with Crippen LogP contribution in [0.3, 0.4) is 0 Å². The molecule has 1 N–H and O–H groups in total. The third-order valence-electron chi connectivity index (χ3n) is 3.16. The number of nitrogens with one attached hydrogen (secondary N) is 1. The van der Waals surface area contributed by atoms with Crippen LogP contribution in [0, 0.1) is 12.7 Å². The van der Waals surface area contributed by atoms with E-state index in [4.69, 9.17) is 0 Å². The maximum Gasteiger partial charge on any atom is 0.123 e. The Balaban J connectivity index is 1.76. The standard InChI is InChI=1S/C14H18FN3/c1-11-13(10-17-18(11)2)9-16-8-7-12-3-5-14(15)6-4-12/h3-6,10,16H,7-9H2,1-2H3. The zero-order chi connectivity index (χ0) is 13.0. The van der Waals surface area contributed by atoms with E-state index in [2.05, 4.69) is 17.3 Å². The monoisotopic (exact) mass is 247 g/mol. The molecule has 18 heavy (non-hydrogen) atoms. The lowest BCUT2D eigenvalue weighted by atomic mass is 10.1. The van der Waals surface area contributed by atoms with Crippen molar-refractivity contribution >= 4 is 0 Å². The van der Waals surface area contributed by atoms with Crippen molar-refractivity contribution in [1.82, 2.24) is 15.1 Å². The van der Waals surface area contributed by atoms with E-state index in [0.717, 1.165) is 25.1 Å². The van der Waals surface area contributed by atoms with Crippen LogP contribution < -0.4 is 5.32 Å². The predicted molar refractivity (Wildman–Crippen MR) is 69.8 cm³/mol. The summed E-state index contributed by atoms with van der Waals surface area (Å²) < 4.78 is 14.6. The number of halogens is 1. The van der Waals surface area contributed by atoms with E-state index in [9.17, 15) is 4.39 Å². The van der Waals surface area contributed by atoms with Crippen molar-refractivity contribution in [3.8, 4) is 0 Å². The van der Waals surface area contributed by atoms with Crippen LogP contribution >= 0.6 is 0 Å². The van der Waals surface area contributed by atoms with Crippen molar-refractivity contribution in [2.24, 2.45) is 7.05 Å². The second-order valence-corrected chi connectivity index (χ2v) is 4.43. The average Bonchev–Trinajstić information content (AvgIpc) is 2.68. The number of hydrogen-bond acceptors (Lipinski definition) is 2. The molecule has 0 aliphatic rings. The van der Waals surface area contributed by atoms with Gasteiger partial charge in [0.05, 0.1) is 6.20 Å². The smallest absolute Gasteiger partial charge is 0.123 e. The summed E-state index contributed by atoms with van der Waals surface area (Å²) in [5.74, 6) is -0.183. The highest BCUT2D eigenvalue weighted by Gasteiger charge is 2.02. The maximum absolute atomic E-state index is 12.7. The lowest BCUT2D eigenvalue weighted by molar-refractivity contribution is 0.626. The van der Waals surface area contributed by atoms with Gasteiger partial charge in [0.25, 0.3) is 0 Å². The number of hydrogen-bond donors (Lipinski definition) is 1. The highest BCUT2D eigenvalue weighted by molar-refractivity contribution is 5.17. The number of nitrogens with zero attached hydrogens (tertiary/aromatic N) is 2. The lowest BCUT2D eigenvalue weighted by Gasteiger charge is -2.05. The van der Waals surface area contributed by atoms with Crippen LogP contribution in [-0.2, 0) is 20.0 Å². The van der Waals surface area contributed by atoms with Gasteiger partial charge in [0.2, 0.25) is 0 Å². The van der Waals surface area contributed by atoms with Gasteiger partial charge < -0.3 is 5.32 Å². The molecule has 0 unspecified atom stereocenters. The van der Waals surface area contributed by atoms with Crippen LogP contribution in [0.5, 0.6) is 0 Å². The van der Waals surface area contributed by atoms with E-state index in [-0.39, 0.29) is 5.82 Å². The Bertz CT molecular complexity index is 502. The van der Waals surface area contributed by atoms with Gasteiger partial charge in [-0.2, -0.15) is 5.10 Å². The molecule has 1 aromatic carbocycles. The van der Waals surface area contributed by atoms with Gasteiger partial charge in [-0.05, 0) is 37.6 Å². The summed E-state index contributed by atoms with van der Waals surface area (Å²) in [7, 11) is 1.94. The first-order chi connectivity index (χ1) is 8.66. The van der Waals surface area contributed by atoms with Crippen molar-refractivity contribution in [2.45, 2.75) is 19.9 Å². The van der Waals surface area contributed by atoms with E-state index < -0.39 is 0 Å². The molecule has 0 bridgehead atoms. The Kier molecular flexibility index (Phi) is 4.10. The normalized spacial score (nSPS) is 10.8. The minimum Gasteiger partial charge on any atom is -0.312 e. The van der Waals surface area contributed by atoms with Crippen molar-refractivity contribution in [2.75, 3.05) is 6.54 Å². The predicted octanol–water partition coefficient (Wildman–Crippen LogP) is 2.20. The van der Waals surface area contributed by atoms with Crippen LogP contribution in [0.25, 0.3) is 0 Å². The molecule has 1 aromatic heterocycles. The van der Waals surface area contributed by atoms with Crippen LogP contribution in [0.2, 0.25) is 0 Å². The Morgan fingerprint density at radius 3 is 2.61 bits per heavy atom. The molecule has 2 rings (SSSR count). The SMILES string of the molecule is Cc1c(CNCCc2ccc(F)cc2)cnn1C. The van der Waals surface area contributed by atoms with Gasteiger partial charge in [-0.1, -0.05) is 12.1 Å². The molecule has 96 valence electrons. The molecule has 0 aliphatic heterocycles. The molecule has 4 heteroatoms. The molecule has 0 aliphatic carbocycles. The molecule has 0 amide bonds. The lowest BCUT2D eigenvalue weighted by Crippen LogP contribution is -2.17. The molecule has 0 saturated carbocycles. The number of aryl methyl sites for hydroxylation is 1. The zero-order valence-corrected chi connectivity index (χ0v) is 10.8. The van der Waals surface area contributed by atoms with E-state index in [1.807, 2.05) is 30.1 Å². The second kappa shape index (κ2) is 5.78. The first-order valence-electron chi connectivity index (χ1n) is 6.09. The molecule has 0 spiro atoms. The van der Waals surface area contributed by atoms with E-state index in [1.165, 1.54) is 23.4 Å². The van der Waals surface area contributed by atoms with E-state index >= 15 is 0 Å². The van der Waals surface area contributed by atoms with Crippen molar-refractivity contribution in [3.63, 3.8) is 0 Å². The van der Waals surface area contributed by atoms with Gasteiger partial charge in [-0.25, -0.2) is 4.39 Å². The van der Waals surface area contributed by atoms with Gasteiger partial charge in [0.1, 0.15) is 5.82 Å². The zero-order valence-electron chi connectivity index (χ0n) is 10.8. The largest absolute Gasteiger partial charge is 0.312 e. The third kappa shape index (κ3) is 3.17. The molecular formula is C14H18FN3. The summed E-state index contributed by atoms with van der Waals surface area (Å²) in [6, 6.07) is 6.65. The highest BCUT2D eigenvalue weighted by atomic mass is 19.1. The van der Waals surface area contributed by atoms with Gasteiger partial charge in [-0.15, -0.1) is 0 Å². The van der Waals surface area contributed by atoms with Gasteiger partial charge in [0, 0.05) is 24.8 Å². The minimum absolute atomic E-state index is 0.183. The number of aromatic nitrogens is 2. The van der Waals surface area contributed by atoms with Crippen molar-refractivity contribution in [3.05, 3.63) is 53.1 Å². The summed E-state index contributed by atoms with van der Waals surface area (Å²) in [6.45, 7) is 3.75. The Hall–Kier alpha value is -1.68. The number of rotatable bonds is 5. The summed E-state index contributed by atoms with van der Waals surface area (Å²) >= 11 is 0. The van der Waals surface area contributed by atoms with Gasteiger partial charge >= 0.3 is 0 Å². The molecule has 0 fully saturated rings. The maximum atomic E-state index is 12.7. The van der Waals surface area contributed by atoms with Gasteiger partial charge in [0.15, 0.2) is 0 Å². The van der Waals surface area contributed by atoms with Crippen LogP contribution in [0.4, 0.5) is 4.39 Å². The highest BCUT2D eigenvalue weighted by Crippen LogP contribution is 2.05. The van der Waals surface area contributed by atoms with Crippen molar-refractivity contribution < 1.29 is 4.39 Å². The average molecular weight is 247 g/mol. The summed E-state index contributed by atoms with van der Waals surface area (Å²) in [5, 5.41) is 7.57. The molecule has 2 aromatic rings. The summed E-state index contributed by atoms with van der Waals surface area (Å²) in [4.78, 5) is 0. The van der Waals surface area contributed by atoms with Crippen molar-refractivity contribution in [1.29, 1.82) is 0 Å². The molecule has 0 radical (unpaired) electrons. The second-order valence-electron chi connectivity index (χ2n) is 4.43. The quantitative estimate of drug-likeness (QED) is 0.821. The van der Waals surface area contributed by atoms with E-state index in [1.54, 1.807) is 0 Å². The third-order valence-corrected chi connectivity index (χ3v) is 3.16. The fourth-order valence-electron chi connectivity index (χ4n) is 1.82. The topological polar surface area (TPSA) is 29.9 Å². The first-order valence-corrected chi connectivity index (χ1v) is 6.09. The molecule has 0 saturated heterocycles. The van der Waals surface area contributed by atoms with E-state index in [0.29, 0.717) is 0 Å². The van der Waals surface area contributed by atoms with Crippen LogP contribution in [0.1, 0.15) is 16.8 Å². The summed E-state index contributed by atoms with van der Waals surface area (Å²) in [5.41, 5.74) is 3.55. The summed E-state index contributed by atoms with van der Waals surface area (Å²) in [6.07, 6.45) is 2.79. The fourth-order valence-corrected chi connectivity index (χ4v) is 1.82. The van der Waals surface area contributed by atoms with Crippen LogP contribution in [0.15, 0.2) is 30.5 Å². The van der Waals surface area contributed by atoms with Crippen LogP contribution in [-0.4, -0.2) is 16.3 Å². The molecule has 1 heterocycles. The molecular weight excluding hydrogens is 229 g/mol. The molecule has 0 atom stereocenters. The Morgan fingerprint density at radius 1 is 1.28 bits per heavy atom.